The second-order valence-corrected chi connectivity index (χ2v) is 6.05. The molecular formula is C16H19ClN2O4. The molecule has 2 aliphatic heterocycles. The van der Waals surface area contributed by atoms with E-state index < -0.39 is 0 Å². The van der Waals surface area contributed by atoms with Crippen molar-refractivity contribution in [3.8, 4) is 11.5 Å². The summed E-state index contributed by atoms with van der Waals surface area (Å²) in [6, 6.07) is 3.44. The first-order chi connectivity index (χ1) is 11.1. The average Bonchev–Trinajstić information content (AvgIpc) is 3.07. The molecule has 0 bridgehead atoms. The number of amides is 2. The van der Waals surface area contributed by atoms with Crippen LogP contribution in [-0.4, -0.2) is 49.6 Å². The first-order valence-electron chi connectivity index (χ1n) is 7.76. The van der Waals surface area contributed by atoms with Gasteiger partial charge in [-0.15, -0.1) is 0 Å². The molecule has 7 heteroatoms. The summed E-state index contributed by atoms with van der Waals surface area (Å²) in [5.74, 6) is 0.826. The van der Waals surface area contributed by atoms with E-state index in [1.165, 1.54) is 0 Å². The molecule has 1 saturated heterocycles. The van der Waals surface area contributed by atoms with Crippen LogP contribution in [0.4, 0.5) is 0 Å². The van der Waals surface area contributed by atoms with Gasteiger partial charge in [0.25, 0.3) is 0 Å². The van der Waals surface area contributed by atoms with Gasteiger partial charge in [0.05, 0.1) is 18.0 Å². The molecule has 1 aromatic carbocycles. The zero-order chi connectivity index (χ0) is 16.2. The monoisotopic (exact) mass is 338 g/mol. The van der Waals surface area contributed by atoms with Crippen molar-refractivity contribution >= 4 is 23.4 Å². The van der Waals surface area contributed by atoms with Crippen LogP contribution < -0.4 is 14.8 Å². The van der Waals surface area contributed by atoms with Crippen LogP contribution >= 0.6 is 11.6 Å². The van der Waals surface area contributed by atoms with Crippen LogP contribution in [0.5, 0.6) is 11.5 Å². The summed E-state index contributed by atoms with van der Waals surface area (Å²) < 4.78 is 10.9. The summed E-state index contributed by atoms with van der Waals surface area (Å²) in [6.45, 7) is 2.53. The summed E-state index contributed by atoms with van der Waals surface area (Å²) in [6.07, 6.45) is 2.22. The van der Waals surface area contributed by atoms with Crippen LogP contribution in [0.15, 0.2) is 12.1 Å². The van der Waals surface area contributed by atoms with Crippen molar-refractivity contribution in [3.63, 3.8) is 0 Å². The second-order valence-electron chi connectivity index (χ2n) is 5.64. The minimum atomic E-state index is -0.217. The molecule has 0 saturated carbocycles. The van der Waals surface area contributed by atoms with Gasteiger partial charge in [-0.05, 0) is 30.5 Å². The van der Waals surface area contributed by atoms with Crippen LogP contribution in [0.2, 0.25) is 5.02 Å². The summed E-state index contributed by atoms with van der Waals surface area (Å²) in [4.78, 5) is 25.7. The van der Waals surface area contributed by atoms with E-state index in [2.05, 4.69) is 5.32 Å². The Morgan fingerprint density at radius 1 is 1.17 bits per heavy atom. The number of benzene rings is 1. The van der Waals surface area contributed by atoms with E-state index in [4.69, 9.17) is 21.1 Å². The number of carbonyl (C=O) groups excluding carboxylic acids is 2. The average molecular weight is 339 g/mol. The molecule has 23 heavy (non-hydrogen) atoms. The zero-order valence-electron chi connectivity index (χ0n) is 12.8. The van der Waals surface area contributed by atoms with Crippen molar-refractivity contribution in [1.29, 1.82) is 0 Å². The number of nitrogens with one attached hydrogen (secondary N) is 1. The number of likely N-dealkylation sites (tertiary alicyclic amines) is 1. The highest BCUT2D eigenvalue weighted by atomic mass is 35.5. The quantitative estimate of drug-likeness (QED) is 0.901. The second kappa shape index (κ2) is 7.08. The first kappa shape index (κ1) is 15.9. The van der Waals surface area contributed by atoms with Crippen molar-refractivity contribution in [2.45, 2.75) is 19.3 Å². The molecule has 0 spiro atoms. The maximum Gasteiger partial charge on any atom is 0.241 e. The molecule has 1 fully saturated rings. The summed E-state index contributed by atoms with van der Waals surface area (Å²) in [5, 5.41) is 3.09. The Morgan fingerprint density at radius 2 is 1.91 bits per heavy atom. The van der Waals surface area contributed by atoms with Gasteiger partial charge in [-0.3, -0.25) is 9.59 Å². The Balaban J connectivity index is 1.55. The highest BCUT2D eigenvalue weighted by Gasteiger charge is 2.20. The van der Waals surface area contributed by atoms with Gasteiger partial charge in [0, 0.05) is 13.1 Å². The fraction of sp³-hybridized carbons (Fsp3) is 0.500. The molecule has 1 N–H and O–H groups in total. The van der Waals surface area contributed by atoms with Gasteiger partial charge in [-0.1, -0.05) is 11.6 Å². The van der Waals surface area contributed by atoms with Crippen molar-refractivity contribution in [2.75, 3.05) is 32.8 Å². The Morgan fingerprint density at radius 3 is 2.70 bits per heavy atom. The van der Waals surface area contributed by atoms with Gasteiger partial charge in [0.2, 0.25) is 11.8 Å². The predicted octanol–water partition coefficient (Wildman–Crippen LogP) is 1.39. The lowest BCUT2D eigenvalue weighted by atomic mass is 10.1. The van der Waals surface area contributed by atoms with Crippen molar-refractivity contribution in [1.82, 2.24) is 10.2 Å². The van der Waals surface area contributed by atoms with Crippen molar-refractivity contribution in [3.05, 3.63) is 22.7 Å². The van der Waals surface area contributed by atoms with Gasteiger partial charge < -0.3 is 19.7 Å². The number of rotatable bonds is 4. The molecule has 2 amide bonds. The lowest BCUT2D eigenvalue weighted by Gasteiger charge is -2.20. The lowest BCUT2D eigenvalue weighted by molar-refractivity contribution is -0.131. The van der Waals surface area contributed by atoms with Crippen LogP contribution in [0.3, 0.4) is 0 Å². The first-order valence-corrected chi connectivity index (χ1v) is 8.14. The summed E-state index contributed by atoms with van der Waals surface area (Å²) in [7, 11) is 0. The Hall–Kier alpha value is -1.95. The molecule has 0 unspecified atom stereocenters. The Kier molecular flexibility index (Phi) is 4.91. The molecule has 0 atom stereocenters. The Bertz CT molecular complexity index is 614. The van der Waals surface area contributed by atoms with E-state index in [-0.39, 0.29) is 24.8 Å². The van der Waals surface area contributed by atoms with Gasteiger partial charge in [0.15, 0.2) is 11.5 Å². The smallest absolute Gasteiger partial charge is 0.241 e. The van der Waals surface area contributed by atoms with E-state index in [1.54, 1.807) is 17.0 Å². The minimum absolute atomic E-state index is 0.0314. The molecule has 3 rings (SSSR count). The van der Waals surface area contributed by atoms with E-state index in [0.717, 1.165) is 31.5 Å². The van der Waals surface area contributed by atoms with Crippen LogP contribution in [0.25, 0.3) is 0 Å². The molecule has 124 valence electrons. The highest BCUT2D eigenvalue weighted by molar-refractivity contribution is 6.32. The standard InChI is InChI=1S/C16H19ClN2O4/c17-12-7-11(8-13-16(12)23-6-5-22-13)9-14(20)18-10-15(21)19-3-1-2-4-19/h7-8H,1-6,9-10H2,(H,18,20). The third kappa shape index (κ3) is 3.88. The fourth-order valence-electron chi connectivity index (χ4n) is 2.77. The molecule has 0 aromatic heterocycles. The molecule has 2 aliphatic rings. The topological polar surface area (TPSA) is 67.9 Å². The number of hydrogen-bond donors (Lipinski definition) is 1. The summed E-state index contributed by atoms with van der Waals surface area (Å²) >= 11 is 6.15. The number of ether oxygens (including phenoxy) is 2. The fourth-order valence-corrected chi connectivity index (χ4v) is 3.05. The molecule has 2 heterocycles. The highest BCUT2D eigenvalue weighted by Crippen LogP contribution is 2.38. The van der Waals surface area contributed by atoms with E-state index in [9.17, 15) is 9.59 Å². The SMILES string of the molecule is O=C(Cc1cc(Cl)c2c(c1)OCCO2)NCC(=O)N1CCCC1. The van der Waals surface area contributed by atoms with Crippen LogP contribution in [0, 0.1) is 0 Å². The number of halogens is 1. The largest absolute Gasteiger partial charge is 0.486 e. The number of carbonyl (C=O) groups is 2. The summed E-state index contributed by atoms with van der Waals surface area (Å²) in [5.41, 5.74) is 0.727. The van der Waals surface area contributed by atoms with E-state index in [0.29, 0.717) is 29.7 Å². The molecular weight excluding hydrogens is 320 g/mol. The van der Waals surface area contributed by atoms with Gasteiger partial charge in [0.1, 0.15) is 13.2 Å². The minimum Gasteiger partial charge on any atom is -0.486 e. The third-order valence-corrected chi connectivity index (χ3v) is 4.20. The van der Waals surface area contributed by atoms with E-state index >= 15 is 0 Å². The number of fused-ring (bicyclic) bond motifs is 1. The maximum absolute atomic E-state index is 12.0. The van der Waals surface area contributed by atoms with Gasteiger partial charge >= 0.3 is 0 Å². The van der Waals surface area contributed by atoms with Crippen molar-refractivity contribution < 1.29 is 19.1 Å². The third-order valence-electron chi connectivity index (χ3n) is 3.92. The van der Waals surface area contributed by atoms with Gasteiger partial charge in [-0.2, -0.15) is 0 Å². The van der Waals surface area contributed by atoms with Gasteiger partial charge in [-0.25, -0.2) is 0 Å². The Labute approximate surface area is 139 Å². The van der Waals surface area contributed by atoms with E-state index in [1.807, 2.05) is 0 Å². The molecule has 6 nitrogen and oxygen atoms in total. The van der Waals surface area contributed by atoms with Crippen LogP contribution in [0.1, 0.15) is 18.4 Å². The normalized spacial score (nSPS) is 16.3. The molecule has 1 aromatic rings. The predicted molar refractivity (Wildman–Crippen MR) is 85.0 cm³/mol. The number of hydrogen-bond acceptors (Lipinski definition) is 4. The maximum atomic E-state index is 12.0. The molecule has 0 aliphatic carbocycles. The lowest BCUT2D eigenvalue weighted by Crippen LogP contribution is -2.39. The van der Waals surface area contributed by atoms with Crippen molar-refractivity contribution in [2.24, 2.45) is 0 Å². The number of nitrogens with zero attached hydrogens (tertiary/aromatic N) is 1. The zero-order valence-corrected chi connectivity index (χ0v) is 13.5. The molecule has 0 radical (unpaired) electrons. The van der Waals surface area contributed by atoms with Crippen LogP contribution in [-0.2, 0) is 16.0 Å².